The van der Waals surface area contributed by atoms with E-state index < -0.39 is 0 Å². The third-order valence-corrected chi connectivity index (χ3v) is 9.43. The van der Waals surface area contributed by atoms with Crippen molar-refractivity contribution in [3.05, 3.63) is 101 Å². The highest BCUT2D eigenvalue weighted by Gasteiger charge is 2.25. The molecule has 5 atom stereocenters. The molecule has 3 N–H and O–H groups in total. The van der Waals surface area contributed by atoms with Gasteiger partial charge in [0.15, 0.2) is 0 Å². The summed E-state index contributed by atoms with van der Waals surface area (Å²) >= 11 is 0. The summed E-state index contributed by atoms with van der Waals surface area (Å²) in [5.41, 5.74) is 6.84. The summed E-state index contributed by atoms with van der Waals surface area (Å²) in [6.45, 7) is 13.5. The molecule has 3 heteroatoms. The van der Waals surface area contributed by atoms with Crippen LogP contribution >= 0.6 is 0 Å². The second kappa shape index (κ2) is 12.8. The second-order valence-corrected chi connectivity index (χ2v) is 12.1. The van der Waals surface area contributed by atoms with Crippen LogP contribution in [0.2, 0.25) is 0 Å². The predicted molar refractivity (Wildman–Crippen MR) is 168 cm³/mol. The molecule has 0 aliphatic heterocycles. The van der Waals surface area contributed by atoms with Gasteiger partial charge in [0, 0.05) is 5.39 Å². The fraction of sp³-hybridized carbons (Fsp3) is 0.405. The Labute approximate surface area is 240 Å². The SMILES string of the molecule is CC1CCc2cc(O)ccc2C1C.CC1Cc2cc(O)ccc2C1C.CCC(C)c1cccc2c(O)cccc12. The average Bonchev–Trinajstić information content (AvgIpc) is 3.23. The Bertz CT molecular complexity index is 1440. The van der Waals surface area contributed by atoms with Crippen molar-refractivity contribution in [3.63, 3.8) is 0 Å². The number of phenolic OH excluding ortho intramolecular Hbond substituents is 3. The number of hydrogen-bond donors (Lipinski definition) is 3. The maximum atomic E-state index is 9.75. The van der Waals surface area contributed by atoms with Crippen molar-refractivity contribution in [2.24, 2.45) is 11.8 Å². The van der Waals surface area contributed by atoms with Gasteiger partial charge in [-0.25, -0.2) is 0 Å². The molecule has 0 spiro atoms. The average molecular weight is 539 g/mol. The Balaban J connectivity index is 0.000000140. The maximum Gasteiger partial charge on any atom is 0.123 e. The van der Waals surface area contributed by atoms with Crippen molar-refractivity contribution in [2.75, 3.05) is 0 Å². The van der Waals surface area contributed by atoms with Gasteiger partial charge in [0.2, 0.25) is 0 Å². The molecule has 0 radical (unpaired) electrons. The van der Waals surface area contributed by atoms with E-state index in [1.165, 1.54) is 39.6 Å². The number of fused-ring (bicyclic) bond motifs is 3. The minimum absolute atomic E-state index is 0.373. The number of aromatic hydroxyl groups is 3. The van der Waals surface area contributed by atoms with Gasteiger partial charge in [0.05, 0.1) is 0 Å². The number of benzene rings is 4. The van der Waals surface area contributed by atoms with Gasteiger partial charge in [-0.2, -0.15) is 0 Å². The molecule has 4 aromatic carbocycles. The highest BCUT2D eigenvalue weighted by molar-refractivity contribution is 5.91. The van der Waals surface area contributed by atoms with E-state index in [-0.39, 0.29) is 0 Å². The molecule has 6 rings (SSSR count). The quantitative estimate of drug-likeness (QED) is 0.238. The van der Waals surface area contributed by atoms with Crippen LogP contribution in [0.5, 0.6) is 17.2 Å². The smallest absolute Gasteiger partial charge is 0.123 e. The molecule has 0 heterocycles. The zero-order valence-corrected chi connectivity index (χ0v) is 25.0. The van der Waals surface area contributed by atoms with Gasteiger partial charge in [-0.3, -0.25) is 0 Å². The molecular formula is C37H46O3. The Morgan fingerprint density at radius 2 is 1.27 bits per heavy atom. The molecule has 0 amide bonds. The highest BCUT2D eigenvalue weighted by Crippen LogP contribution is 2.39. The first kappa shape index (κ1) is 29.5. The van der Waals surface area contributed by atoms with E-state index >= 15 is 0 Å². The van der Waals surface area contributed by atoms with Crippen molar-refractivity contribution in [1.29, 1.82) is 0 Å². The zero-order valence-electron chi connectivity index (χ0n) is 25.0. The summed E-state index contributed by atoms with van der Waals surface area (Å²) in [4.78, 5) is 0. The first-order valence-electron chi connectivity index (χ1n) is 14.9. The van der Waals surface area contributed by atoms with E-state index in [1.807, 2.05) is 30.3 Å². The molecule has 40 heavy (non-hydrogen) atoms. The molecule has 3 nitrogen and oxygen atoms in total. The van der Waals surface area contributed by atoms with Crippen LogP contribution in [0.25, 0.3) is 10.8 Å². The fourth-order valence-electron chi connectivity index (χ4n) is 6.20. The van der Waals surface area contributed by atoms with Gasteiger partial charge in [-0.05, 0) is 119 Å². The lowest BCUT2D eigenvalue weighted by atomic mass is 9.77. The van der Waals surface area contributed by atoms with Gasteiger partial charge in [-0.1, -0.05) is 84.0 Å². The Morgan fingerprint density at radius 3 is 1.95 bits per heavy atom. The van der Waals surface area contributed by atoms with Crippen LogP contribution in [-0.2, 0) is 12.8 Å². The topological polar surface area (TPSA) is 60.7 Å². The van der Waals surface area contributed by atoms with E-state index in [2.05, 4.69) is 65.8 Å². The van der Waals surface area contributed by atoms with Crippen LogP contribution in [0, 0.1) is 11.8 Å². The lowest BCUT2D eigenvalue weighted by Crippen LogP contribution is -2.15. The predicted octanol–water partition coefficient (Wildman–Crippen LogP) is 9.82. The lowest BCUT2D eigenvalue weighted by Gasteiger charge is -2.28. The monoisotopic (exact) mass is 538 g/mol. The number of hydrogen-bond acceptors (Lipinski definition) is 3. The minimum atomic E-state index is 0.373. The summed E-state index contributed by atoms with van der Waals surface area (Å²) in [6.07, 6.45) is 4.60. The molecule has 5 unspecified atom stereocenters. The van der Waals surface area contributed by atoms with Crippen molar-refractivity contribution in [1.82, 2.24) is 0 Å². The summed E-state index contributed by atoms with van der Waals surface area (Å²) in [7, 11) is 0. The number of aryl methyl sites for hydroxylation is 1. The molecule has 0 aromatic heterocycles. The van der Waals surface area contributed by atoms with Crippen molar-refractivity contribution in [3.8, 4) is 17.2 Å². The molecule has 2 aliphatic carbocycles. The second-order valence-electron chi connectivity index (χ2n) is 12.1. The van der Waals surface area contributed by atoms with Gasteiger partial charge in [0.1, 0.15) is 17.2 Å². The van der Waals surface area contributed by atoms with Crippen LogP contribution in [0.3, 0.4) is 0 Å². The Kier molecular flexibility index (Phi) is 9.45. The van der Waals surface area contributed by atoms with Crippen molar-refractivity contribution in [2.45, 2.75) is 85.0 Å². The third kappa shape index (κ3) is 6.46. The Hall–Kier alpha value is -3.46. The fourth-order valence-corrected chi connectivity index (χ4v) is 6.20. The minimum Gasteiger partial charge on any atom is -0.508 e. The highest BCUT2D eigenvalue weighted by atomic mass is 16.3. The van der Waals surface area contributed by atoms with Crippen molar-refractivity contribution >= 4 is 10.8 Å². The van der Waals surface area contributed by atoms with Crippen LogP contribution in [-0.4, -0.2) is 15.3 Å². The third-order valence-electron chi connectivity index (χ3n) is 9.43. The summed E-state index contributed by atoms with van der Waals surface area (Å²) in [6, 6.07) is 23.4. The van der Waals surface area contributed by atoms with E-state index in [0.29, 0.717) is 35.0 Å². The Morgan fingerprint density at radius 1 is 0.700 bits per heavy atom. The summed E-state index contributed by atoms with van der Waals surface area (Å²) < 4.78 is 0. The van der Waals surface area contributed by atoms with Gasteiger partial charge in [0.25, 0.3) is 0 Å². The zero-order chi connectivity index (χ0) is 29.0. The molecular weight excluding hydrogens is 492 g/mol. The maximum absolute atomic E-state index is 9.75. The van der Waals surface area contributed by atoms with Crippen LogP contribution in [0.1, 0.15) is 100.0 Å². The van der Waals surface area contributed by atoms with Crippen LogP contribution in [0.4, 0.5) is 0 Å². The summed E-state index contributed by atoms with van der Waals surface area (Å²) in [5.74, 6) is 4.51. The van der Waals surface area contributed by atoms with Gasteiger partial charge in [-0.15, -0.1) is 0 Å². The lowest BCUT2D eigenvalue weighted by molar-refractivity contribution is 0.421. The van der Waals surface area contributed by atoms with Crippen molar-refractivity contribution < 1.29 is 15.3 Å². The van der Waals surface area contributed by atoms with E-state index in [0.717, 1.165) is 36.5 Å². The first-order chi connectivity index (χ1) is 19.1. The van der Waals surface area contributed by atoms with E-state index in [9.17, 15) is 15.3 Å². The molecule has 0 fully saturated rings. The first-order valence-corrected chi connectivity index (χ1v) is 14.9. The molecule has 0 saturated heterocycles. The molecule has 4 aromatic rings. The van der Waals surface area contributed by atoms with E-state index in [4.69, 9.17) is 0 Å². The number of rotatable bonds is 2. The van der Waals surface area contributed by atoms with Crippen LogP contribution < -0.4 is 0 Å². The molecule has 0 bridgehead atoms. The molecule has 212 valence electrons. The normalized spacial score (nSPS) is 21.8. The van der Waals surface area contributed by atoms with Crippen LogP contribution in [0.15, 0.2) is 72.8 Å². The molecule has 0 saturated carbocycles. The number of phenols is 3. The molecule has 2 aliphatic rings. The van der Waals surface area contributed by atoms with Gasteiger partial charge >= 0.3 is 0 Å². The van der Waals surface area contributed by atoms with Gasteiger partial charge < -0.3 is 15.3 Å². The largest absolute Gasteiger partial charge is 0.508 e. The summed E-state index contributed by atoms with van der Waals surface area (Å²) in [5, 5.41) is 30.5. The standard InChI is InChI=1S/C14H16O.C12H16O.C11H14O/c1-3-10(2)11-6-4-8-13-12(11)7-5-9-14(13)15;1-8-3-4-10-7-11(13)5-6-12(10)9(8)2;1-7-5-9-6-10(12)3-4-11(9)8(7)2/h4-10,15H,3H2,1-2H3;5-9,13H,3-4H2,1-2H3;3-4,6-8,12H,5H2,1-2H3. The van der Waals surface area contributed by atoms with E-state index in [1.54, 1.807) is 18.2 Å².